The van der Waals surface area contributed by atoms with Crippen molar-refractivity contribution in [3.05, 3.63) is 84.4 Å². The van der Waals surface area contributed by atoms with Gasteiger partial charge in [0.2, 0.25) is 5.91 Å². The van der Waals surface area contributed by atoms with Crippen molar-refractivity contribution >= 4 is 23.4 Å². The number of anilines is 1. The number of carbonyl (C=O) groups is 1. The van der Waals surface area contributed by atoms with Gasteiger partial charge in [-0.2, -0.15) is 0 Å². The Morgan fingerprint density at radius 3 is 2.29 bits per heavy atom. The first-order valence-corrected chi connectivity index (χ1v) is 10.1. The summed E-state index contributed by atoms with van der Waals surface area (Å²) in [4.78, 5) is 14.2. The van der Waals surface area contributed by atoms with Gasteiger partial charge in [0.15, 0.2) is 11.5 Å². The smallest absolute Gasteiger partial charge is 0.242 e. The summed E-state index contributed by atoms with van der Waals surface area (Å²) in [5, 5.41) is 2.67. The fraction of sp³-hybridized carbons (Fsp3) is 0.174. The van der Waals surface area contributed by atoms with Crippen molar-refractivity contribution < 1.29 is 14.3 Å². The minimum Gasteiger partial charge on any atom is -0.490 e. The SMILES string of the molecule is O=C(Nc1ccc2c(c1)OCCCO2)[C@H](Sc1ccccc1)c1ccccc1. The zero-order valence-corrected chi connectivity index (χ0v) is 16.2. The molecule has 1 heterocycles. The van der Waals surface area contributed by atoms with Crippen molar-refractivity contribution in [2.75, 3.05) is 18.5 Å². The van der Waals surface area contributed by atoms with E-state index in [1.54, 1.807) is 0 Å². The number of rotatable bonds is 5. The van der Waals surface area contributed by atoms with Crippen LogP contribution in [0.2, 0.25) is 0 Å². The van der Waals surface area contributed by atoms with Gasteiger partial charge in [-0.05, 0) is 29.8 Å². The van der Waals surface area contributed by atoms with Gasteiger partial charge in [0.25, 0.3) is 0 Å². The van der Waals surface area contributed by atoms with Gasteiger partial charge in [-0.1, -0.05) is 48.5 Å². The summed E-state index contributed by atoms with van der Waals surface area (Å²) in [5.41, 5.74) is 1.66. The Hall–Kier alpha value is -2.92. The van der Waals surface area contributed by atoms with Crippen molar-refractivity contribution in [3.63, 3.8) is 0 Å². The van der Waals surface area contributed by atoms with E-state index in [0.29, 0.717) is 30.4 Å². The molecule has 1 atom stereocenters. The lowest BCUT2D eigenvalue weighted by atomic mass is 10.1. The monoisotopic (exact) mass is 391 g/mol. The predicted molar refractivity (Wildman–Crippen MR) is 112 cm³/mol. The van der Waals surface area contributed by atoms with E-state index in [2.05, 4.69) is 5.32 Å². The molecule has 0 saturated carbocycles. The molecule has 1 aliphatic heterocycles. The maximum atomic E-state index is 13.1. The zero-order valence-electron chi connectivity index (χ0n) is 15.3. The number of ether oxygens (including phenoxy) is 2. The maximum Gasteiger partial charge on any atom is 0.242 e. The molecular formula is C23H21NO3S. The zero-order chi connectivity index (χ0) is 19.2. The summed E-state index contributed by atoms with van der Waals surface area (Å²) in [7, 11) is 0. The third-order valence-electron chi connectivity index (χ3n) is 4.35. The molecule has 0 fully saturated rings. The summed E-state index contributed by atoms with van der Waals surface area (Å²) in [5.74, 6) is 1.31. The summed E-state index contributed by atoms with van der Waals surface area (Å²) < 4.78 is 11.4. The van der Waals surface area contributed by atoms with Crippen LogP contribution in [0.4, 0.5) is 5.69 Å². The summed E-state index contributed by atoms with van der Waals surface area (Å²) in [6, 6.07) is 25.3. The molecule has 1 N–H and O–H groups in total. The van der Waals surface area contributed by atoms with Crippen molar-refractivity contribution in [3.8, 4) is 11.5 Å². The second-order valence-electron chi connectivity index (χ2n) is 6.42. The fourth-order valence-electron chi connectivity index (χ4n) is 2.98. The standard InChI is InChI=1S/C23H21NO3S/c25-23(24-18-12-13-20-21(16-18)27-15-7-14-26-20)22(17-8-3-1-4-9-17)28-19-10-5-2-6-11-19/h1-6,8-13,16,22H,7,14-15H2,(H,24,25)/t22-/m1/s1. The number of amides is 1. The highest BCUT2D eigenvalue weighted by molar-refractivity contribution is 8.00. The number of hydrogen-bond donors (Lipinski definition) is 1. The predicted octanol–water partition coefficient (Wildman–Crippen LogP) is 5.32. The largest absolute Gasteiger partial charge is 0.490 e. The van der Waals surface area contributed by atoms with Crippen molar-refractivity contribution in [2.45, 2.75) is 16.6 Å². The van der Waals surface area contributed by atoms with Crippen LogP contribution < -0.4 is 14.8 Å². The molecule has 4 nitrogen and oxygen atoms in total. The number of fused-ring (bicyclic) bond motifs is 1. The Labute approximate surface area is 168 Å². The molecule has 28 heavy (non-hydrogen) atoms. The molecule has 1 aliphatic rings. The third-order valence-corrected chi connectivity index (χ3v) is 5.62. The summed E-state index contributed by atoms with van der Waals surface area (Å²) >= 11 is 1.53. The Bertz CT molecular complexity index is 931. The van der Waals surface area contributed by atoms with Crippen molar-refractivity contribution in [1.29, 1.82) is 0 Å². The van der Waals surface area contributed by atoms with Crippen LogP contribution in [0.25, 0.3) is 0 Å². The van der Waals surface area contributed by atoms with Crippen LogP contribution in [0.3, 0.4) is 0 Å². The van der Waals surface area contributed by atoms with Crippen LogP contribution in [0.15, 0.2) is 83.8 Å². The topological polar surface area (TPSA) is 47.6 Å². The highest BCUT2D eigenvalue weighted by atomic mass is 32.2. The van der Waals surface area contributed by atoms with Gasteiger partial charge in [0.05, 0.1) is 13.2 Å². The van der Waals surface area contributed by atoms with Gasteiger partial charge in [0, 0.05) is 23.1 Å². The summed E-state index contributed by atoms with van der Waals surface area (Å²) in [6.07, 6.45) is 0.847. The first-order valence-electron chi connectivity index (χ1n) is 9.27. The molecule has 5 heteroatoms. The van der Waals surface area contributed by atoms with E-state index in [1.165, 1.54) is 11.8 Å². The van der Waals surface area contributed by atoms with Crippen LogP contribution in [0.1, 0.15) is 17.2 Å². The molecule has 3 aromatic rings. The summed E-state index contributed by atoms with van der Waals surface area (Å²) in [6.45, 7) is 1.25. The molecule has 1 amide bonds. The Morgan fingerprint density at radius 2 is 1.54 bits per heavy atom. The van der Waals surface area contributed by atoms with Crippen LogP contribution >= 0.6 is 11.8 Å². The minimum atomic E-state index is -0.362. The Morgan fingerprint density at radius 1 is 0.857 bits per heavy atom. The molecule has 4 rings (SSSR count). The van der Waals surface area contributed by atoms with E-state index in [0.717, 1.165) is 16.9 Å². The molecule has 0 saturated heterocycles. The first-order chi connectivity index (χ1) is 13.8. The fourth-order valence-corrected chi connectivity index (χ4v) is 4.03. The van der Waals surface area contributed by atoms with E-state index in [9.17, 15) is 4.79 Å². The highest BCUT2D eigenvalue weighted by Crippen LogP contribution is 2.37. The third kappa shape index (κ3) is 4.49. The number of hydrogen-bond acceptors (Lipinski definition) is 4. The average molecular weight is 391 g/mol. The Balaban J connectivity index is 1.56. The van der Waals surface area contributed by atoms with Crippen LogP contribution in [-0.4, -0.2) is 19.1 Å². The van der Waals surface area contributed by atoms with Gasteiger partial charge < -0.3 is 14.8 Å². The van der Waals surface area contributed by atoms with E-state index in [4.69, 9.17) is 9.47 Å². The van der Waals surface area contributed by atoms with Gasteiger partial charge in [0.1, 0.15) is 5.25 Å². The van der Waals surface area contributed by atoms with Crippen LogP contribution in [-0.2, 0) is 4.79 Å². The number of carbonyl (C=O) groups excluding carboxylic acids is 1. The minimum absolute atomic E-state index is 0.0745. The second kappa shape index (κ2) is 8.85. The average Bonchev–Trinajstić information content (AvgIpc) is 2.98. The molecular weight excluding hydrogens is 370 g/mol. The number of thioether (sulfide) groups is 1. The van der Waals surface area contributed by atoms with E-state index in [-0.39, 0.29) is 11.2 Å². The number of benzene rings is 3. The number of nitrogens with one attached hydrogen (secondary N) is 1. The lowest BCUT2D eigenvalue weighted by molar-refractivity contribution is -0.115. The lowest BCUT2D eigenvalue weighted by Gasteiger charge is -2.18. The maximum absolute atomic E-state index is 13.1. The van der Waals surface area contributed by atoms with Crippen molar-refractivity contribution in [2.24, 2.45) is 0 Å². The van der Waals surface area contributed by atoms with E-state index >= 15 is 0 Å². The quantitative estimate of drug-likeness (QED) is 0.598. The molecule has 0 bridgehead atoms. The van der Waals surface area contributed by atoms with Crippen LogP contribution in [0, 0.1) is 0 Å². The normalized spacial score (nSPS) is 14.0. The lowest BCUT2D eigenvalue weighted by Crippen LogP contribution is -2.19. The van der Waals surface area contributed by atoms with Gasteiger partial charge in [-0.25, -0.2) is 0 Å². The molecule has 3 aromatic carbocycles. The molecule has 142 valence electrons. The van der Waals surface area contributed by atoms with Gasteiger partial charge >= 0.3 is 0 Å². The van der Waals surface area contributed by atoms with Crippen molar-refractivity contribution in [1.82, 2.24) is 0 Å². The highest BCUT2D eigenvalue weighted by Gasteiger charge is 2.22. The molecule has 0 aliphatic carbocycles. The van der Waals surface area contributed by atoms with Gasteiger partial charge in [-0.3, -0.25) is 4.79 Å². The molecule has 0 unspecified atom stereocenters. The van der Waals surface area contributed by atoms with Gasteiger partial charge in [-0.15, -0.1) is 11.8 Å². The van der Waals surface area contributed by atoms with E-state index < -0.39 is 0 Å². The Kier molecular flexibility index (Phi) is 5.83. The molecule has 0 spiro atoms. The molecule has 0 radical (unpaired) electrons. The second-order valence-corrected chi connectivity index (χ2v) is 7.60. The first kappa shape index (κ1) is 18.4. The van der Waals surface area contributed by atoms with Crippen LogP contribution in [0.5, 0.6) is 11.5 Å². The van der Waals surface area contributed by atoms with E-state index in [1.807, 2.05) is 78.9 Å². The molecule has 0 aromatic heterocycles.